The van der Waals surface area contributed by atoms with E-state index in [9.17, 15) is 9.59 Å². The molecule has 3 amide bonds. The predicted octanol–water partition coefficient (Wildman–Crippen LogP) is 1.66. The van der Waals surface area contributed by atoms with Gasteiger partial charge in [0.1, 0.15) is 17.2 Å². The number of benzene rings is 1. The summed E-state index contributed by atoms with van der Waals surface area (Å²) in [6, 6.07) is 4.51. The monoisotopic (exact) mass is 262 g/mol. The number of anilines is 1. The third-order valence-electron chi connectivity index (χ3n) is 2.76. The van der Waals surface area contributed by atoms with E-state index >= 15 is 0 Å². The van der Waals surface area contributed by atoms with E-state index in [0.717, 1.165) is 0 Å². The highest BCUT2D eigenvalue weighted by atomic mass is 16.5. The van der Waals surface area contributed by atoms with Crippen molar-refractivity contribution in [2.75, 3.05) is 19.1 Å². The van der Waals surface area contributed by atoms with Crippen molar-refractivity contribution in [3.63, 3.8) is 0 Å². The minimum atomic E-state index is -0.492. The van der Waals surface area contributed by atoms with Crippen LogP contribution in [0, 0.1) is 0 Å². The number of ether oxygens (including phenoxy) is 2. The number of allylic oxidation sites excluding steroid dienone is 1. The molecule has 2 rings (SSSR count). The summed E-state index contributed by atoms with van der Waals surface area (Å²) in [7, 11) is 3.04. The maximum absolute atomic E-state index is 11.8. The minimum absolute atomic E-state index is 0.278. The van der Waals surface area contributed by atoms with Crippen LogP contribution in [0.5, 0.6) is 11.5 Å². The highest BCUT2D eigenvalue weighted by molar-refractivity contribution is 6.21. The van der Waals surface area contributed by atoms with Gasteiger partial charge in [-0.25, -0.2) is 4.79 Å². The third kappa shape index (κ3) is 2.24. The Morgan fingerprint density at radius 1 is 1.11 bits per heavy atom. The molecule has 0 bridgehead atoms. The SMILES string of the molecule is CC=C1C(=O)NC(=O)N1c1cc(OC)cc(OC)c1. The van der Waals surface area contributed by atoms with Gasteiger partial charge < -0.3 is 9.47 Å². The second-order valence-corrected chi connectivity index (χ2v) is 3.84. The Labute approximate surface area is 110 Å². The average Bonchev–Trinajstić information content (AvgIpc) is 2.71. The molecule has 1 aliphatic rings. The van der Waals surface area contributed by atoms with E-state index in [1.54, 1.807) is 31.2 Å². The molecule has 1 heterocycles. The van der Waals surface area contributed by atoms with Crippen LogP contribution in [0.1, 0.15) is 6.92 Å². The summed E-state index contributed by atoms with van der Waals surface area (Å²) in [6.07, 6.45) is 1.58. The largest absolute Gasteiger partial charge is 0.497 e. The first-order valence-corrected chi connectivity index (χ1v) is 5.65. The Kier molecular flexibility index (Phi) is 3.41. The standard InChI is InChI=1S/C13H14N2O4/c1-4-11-12(16)14-13(17)15(11)8-5-9(18-2)7-10(6-8)19-3/h4-7H,1-3H3,(H,14,16,17). The molecule has 0 atom stereocenters. The van der Waals surface area contributed by atoms with Crippen molar-refractivity contribution in [3.8, 4) is 11.5 Å². The summed E-state index contributed by atoms with van der Waals surface area (Å²) >= 11 is 0. The van der Waals surface area contributed by atoms with E-state index in [1.807, 2.05) is 0 Å². The van der Waals surface area contributed by atoms with Gasteiger partial charge in [-0.3, -0.25) is 15.0 Å². The molecule has 1 N–H and O–H groups in total. The van der Waals surface area contributed by atoms with Gasteiger partial charge >= 0.3 is 6.03 Å². The molecule has 1 aliphatic heterocycles. The fraction of sp³-hybridized carbons (Fsp3) is 0.231. The molecule has 6 heteroatoms. The van der Waals surface area contributed by atoms with Crippen molar-refractivity contribution in [1.82, 2.24) is 5.32 Å². The lowest BCUT2D eigenvalue weighted by atomic mass is 10.2. The number of nitrogens with zero attached hydrogens (tertiary/aromatic N) is 1. The molecule has 19 heavy (non-hydrogen) atoms. The normalized spacial score (nSPS) is 16.8. The van der Waals surface area contributed by atoms with E-state index < -0.39 is 11.9 Å². The van der Waals surface area contributed by atoms with Crippen LogP contribution in [0.15, 0.2) is 30.0 Å². The second kappa shape index (κ2) is 5.01. The maximum Gasteiger partial charge on any atom is 0.333 e. The molecular weight excluding hydrogens is 248 g/mol. The van der Waals surface area contributed by atoms with Crippen molar-refractivity contribution >= 4 is 17.6 Å². The molecule has 0 aromatic heterocycles. The second-order valence-electron chi connectivity index (χ2n) is 3.84. The predicted molar refractivity (Wildman–Crippen MR) is 69.3 cm³/mol. The molecule has 6 nitrogen and oxygen atoms in total. The molecule has 0 radical (unpaired) electrons. The number of amides is 3. The first kappa shape index (κ1) is 12.9. The Hall–Kier alpha value is -2.50. The average molecular weight is 262 g/mol. The molecule has 0 unspecified atom stereocenters. The molecule has 1 aromatic rings. The first-order valence-electron chi connectivity index (χ1n) is 5.65. The molecular formula is C13H14N2O4. The van der Waals surface area contributed by atoms with Gasteiger partial charge in [-0.1, -0.05) is 6.08 Å². The summed E-state index contributed by atoms with van der Waals surface area (Å²) < 4.78 is 10.3. The van der Waals surface area contributed by atoms with Crippen LogP contribution in [0.25, 0.3) is 0 Å². The summed E-state index contributed by atoms with van der Waals surface area (Å²) in [5.41, 5.74) is 0.785. The fourth-order valence-electron chi connectivity index (χ4n) is 1.87. The molecule has 0 spiro atoms. The van der Waals surface area contributed by atoms with Crippen molar-refractivity contribution in [3.05, 3.63) is 30.0 Å². The zero-order valence-corrected chi connectivity index (χ0v) is 10.9. The number of urea groups is 1. The molecule has 0 saturated carbocycles. The number of rotatable bonds is 3. The highest BCUT2D eigenvalue weighted by Gasteiger charge is 2.34. The summed E-state index contributed by atoms with van der Waals surface area (Å²) in [5.74, 6) is 0.656. The van der Waals surface area contributed by atoms with Crippen LogP contribution in [0.3, 0.4) is 0 Å². The van der Waals surface area contributed by atoms with Crippen molar-refractivity contribution in [2.24, 2.45) is 0 Å². The lowest BCUT2D eigenvalue weighted by molar-refractivity contribution is -0.115. The van der Waals surface area contributed by atoms with E-state index in [0.29, 0.717) is 17.2 Å². The Morgan fingerprint density at radius 2 is 1.68 bits per heavy atom. The fourth-order valence-corrected chi connectivity index (χ4v) is 1.87. The lowest BCUT2D eigenvalue weighted by Gasteiger charge is -2.17. The smallest absolute Gasteiger partial charge is 0.333 e. The van der Waals surface area contributed by atoms with E-state index in [-0.39, 0.29) is 5.70 Å². The van der Waals surface area contributed by atoms with Gasteiger partial charge in [0.05, 0.1) is 19.9 Å². The number of nitrogens with one attached hydrogen (secondary N) is 1. The van der Waals surface area contributed by atoms with Crippen LogP contribution in [0.4, 0.5) is 10.5 Å². The summed E-state index contributed by atoms with van der Waals surface area (Å²) in [6.45, 7) is 1.69. The quantitative estimate of drug-likeness (QED) is 0.664. The van der Waals surface area contributed by atoms with E-state index in [4.69, 9.17) is 9.47 Å². The molecule has 100 valence electrons. The zero-order valence-electron chi connectivity index (χ0n) is 10.9. The minimum Gasteiger partial charge on any atom is -0.497 e. The van der Waals surface area contributed by atoms with E-state index in [2.05, 4.69) is 5.32 Å². The summed E-state index contributed by atoms with van der Waals surface area (Å²) in [5, 5.41) is 2.24. The van der Waals surface area contributed by atoms with Gasteiger partial charge in [-0.2, -0.15) is 0 Å². The highest BCUT2D eigenvalue weighted by Crippen LogP contribution is 2.31. The van der Waals surface area contributed by atoms with Gasteiger partial charge in [0.2, 0.25) is 0 Å². The number of carbonyl (C=O) groups excluding carboxylic acids is 2. The molecule has 1 fully saturated rings. The van der Waals surface area contributed by atoms with Crippen LogP contribution >= 0.6 is 0 Å². The number of imide groups is 1. The van der Waals surface area contributed by atoms with Gasteiger partial charge in [0.15, 0.2) is 0 Å². The molecule has 1 aromatic carbocycles. The van der Waals surface area contributed by atoms with Crippen LogP contribution in [-0.2, 0) is 4.79 Å². The topological polar surface area (TPSA) is 67.9 Å². The number of carbonyl (C=O) groups is 2. The first-order chi connectivity index (χ1) is 9.10. The maximum atomic E-state index is 11.8. The Bertz CT molecular complexity index is 544. The van der Waals surface area contributed by atoms with Crippen molar-refractivity contribution < 1.29 is 19.1 Å². The van der Waals surface area contributed by atoms with Gasteiger partial charge in [-0.15, -0.1) is 0 Å². The Balaban J connectivity index is 2.51. The van der Waals surface area contributed by atoms with Crippen LogP contribution in [0.2, 0.25) is 0 Å². The van der Waals surface area contributed by atoms with Gasteiger partial charge in [-0.05, 0) is 6.92 Å². The van der Waals surface area contributed by atoms with Crippen molar-refractivity contribution in [2.45, 2.75) is 6.92 Å². The zero-order chi connectivity index (χ0) is 14.0. The molecule has 1 saturated heterocycles. The molecule has 0 aliphatic carbocycles. The summed E-state index contributed by atoms with van der Waals surface area (Å²) in [4.78, 5) is 24.7. The van der Waals surface area contributed by atoms with Gasteiger partial charge in [0.25, 0.3) is 5.91 Å². The number of methoxy groups -OCH3 is 2. The number of hydrogen-bond acceptors (Lipinski definition) is 4. The Morgan fingerprint density at radius 3 is 2.16 bits per heavy atom. The third-order valence-corrected chi connectivity index (χ3v) is 2.76. The van der Waals surface area contributed by atoms with Crippen LogP contribution in [-0.4, -0.2) is 26.2 Å². The van der Waals surface area contributed by atoms with Crippen molar-refractivity contribution in [1.29, 1.82) is 0 Å². The number of hydrogen-bond donors (Lipinski definition) is 1. The van der Waals surface area contributed by atoms with E-state index in [1.165, 1.54) is 19.1 Å². The van der Waals surface area contributed by atoms with Crippen LogP contribution < -0.4 is 19.7 Å². The lowest BCUT2D eigenvalue weighted by Crippen LogP contribution is -2.27. The van der Waals surface area contributed by atoms with Gasteiger partial charge in [0, 0.05) is 18.2 Å².